The van der Waals surface area contributed by atoms with E-state index >= 15 is 0 Å². The van der Waals surface area contributed by atoms with Crippen LogP contribution >= 0.6 is 0 Å². The van der Waals surface area contributed by atoms with Gasteiger partial charge < -0.3 is 10.1 Å². The van der Waals surface area contributed by atoms with Crippen molar-refractivity contribution in [2.45, 2.75) is 38.7 Å². The molecule has 0 saturated carbocycles. The van der Waals surface area contributed by atoms with Gasteiger partial charge in [0.1, 0.15) is 5.82 Å². The molecule has 3 nitrogen and oxygen atoms in total. The molecule has 0 aliphatic heterocycles. The first kappa shape index (κ1) is 11.4. The zero-order valence-electron chi connectivity index (χ0n) is 10.3. The van der Waals surface area contributed by atoms with Gasteiger partial charge >= 0.3 is 0 Å². The molecule has 0 radical (unpaired) electrons. The van der Waals surface area contributed by atoms with Crippen molar-refractivity contribution in [3.8, 4) is 0 Å². The highest BCUT2D eigenvalue weighted by Gasteiger charge is 2.17. The van der Waals surface area contributed by atoms with Gasteiger partial charge in [-0.15, -0.1) is 0 Å². The van der Waals surface area contributed by atoms with E-state index in [1.165, 1.54) is 24.1 Å². The lowest BCUT2D eigenvalue weighted by molar-refractivity contribution is 0.0343. The average Bonchev–Trinajstić information content (AvgIpc) is 2.73. The van der Waals surface area contributed by atoms with Crippen LogP contribution in [0.25, 0.3) is 0 Å². The van der Waals surface area contributed by atoms with E-state index in [0.717, 1.165) is 18.8 Å². The predicted molar refractivity (Wildman–Crippen MR) is 65.8 cm³/mol. The lowest BCUT2D eigenvalue weighted by Gasteiger charge is -2.23. The number of nitrogens with zero attached hydrogens (tertiary/aromatic N) is 1. The molecule has 0 saturated heterocycles. The van der Waals surface area contributed by atoms with Crippen molar-refractivity contribution in [3.63, 3.8) is 0 Å². The number of rotatable bonds is 4. The molecule has 1 N–H and O–H groups in total. The van der Waals surface area contributed by atoms with Crippen LogP contribution in [0.4, 0.5) is 5.82 Å². The zero-order chi connectivity index (χ0) is 11.6. The van der Waals surface area contributed by atoms with Gasteiger partial charge in [-0.1, -0.05) is 6.07 Å². The van der Waals surface area contributed by atoms with Crippen LogP contribution in [0.5, 0.6) is 0 Å². The SMILES string of the molecule is COC(C)(C)CNc1ccc2c(n1)CCC2. The summed E-state index contributed by atoms with van der Waals surface area (Å²) >= 11 is 0. The minimum absolute atomic E-state index is 0.152. The van der Waals surface area contributed by atoms with E-state index in [1.807, 2.05) is 0 Å². The molecule has 16 heavy (non-hydrogen) atoms. The van der Waals surface area contributed by atoms with E-state index in [-0.39, 0.29) is 5.60 Å². The van der Waals surface area contributed by atoms with Gasteiger partial charge in [-0.3, -0.25) is 0 Å². The molecule has 3 heteroatoms. The number of aryl methyl sites for hydroxylation is 2. The van der Waals surface area contributed by atoms with Gasteiger partial charge in [0.2, 0.25) is 0 Å². The van der Waals surface area contributed by atoms with Crippen LogP contribution in [0.2, 0.25) is 0 Å². The van der Waals surface area contributed by atoms with Crippen LogP contribution in [0, 0.1) is 0 Å². The Labute approximate surface area is 97.2 Å². The van der Waals surface area contributed by atoms with Crippen molar-refractivity contribution in [2.24, 2.45) is 0 Å². The zero-order valence-corrected chi connectivity index (χ0v) is 10.3. The second-order valence-corrected chi connectivity index (χ2v) is 4.97. The molecule has 1 heterocycles. The van der Waals surface area contributed by atoms with Gasteiger partial charge in [-0.05, 0) is 44.7 Å². The highest BCUT2D eigenvalue weighted by Crippen LogP contribution is 2.21. The molecule has 2 rings (SSSR count). The van der Waals surface area contributed by atoms with Gasteiger partial charge in [-0.25, -0.2) is 4.98 Å². The largest absolute Gasteiger partial charge is 0.377 e. The molecule has 1 aliphatic carbocycles. The minimum Gasteiger partial charge on any atom is -0.377 e. The lowest BCUT2D eigenvalue weighted by Crippen LogP contribution is -2.32. The van der Waals surface area contributed by atoms with Crippen molar-refractivity contribution in [2.75, 3.05) is 19.0 Å². The monoisotopic (exact) mass is 220 g/mol. The summed E-state index contributed by atoms with van der Waals surface area (Å²) in [6.07, 6.45) is 3.56. The summed E-state index contributed by atoms with van der Waals surface area (Å²) in [5.74, 6) is 0.964. The van der Waals surface area contributed by atoms with Crippen LogP contribution in [0.1, 0.15) is 31.5 Å². The normalized spacial score (nSPS) is 14.9. The third-order valence-corrected chi connectivity index (χ3v) is 3.18. The summed E-state index contributed by atoms with van der Waals surface area (Å²) in [4.78, 5) is 4.62. The van der Waals surface area contributed by atoms with Gasteiger partial charge in [-0.2, -0.15) is 0 Å². The summed E-state index contributed by atoms with van der Waals surface area (Å²) < 4.78 is 5.36. The summed E-state index contributed by atoms with van der Waals surface area (Å²) in [6.45, 7) is 4.90. The molecule has 0 bridgehead atoms. The molecule has 1 aromatic rings. The molecule has 0 unspecified atom stereocenters. The van der Waals surface area contributed by atoms with Crippen LogP contribution in [-0.4, -0.2) is 24.2 Å². The fourth-order valence-corrected chi connectivity index (χ4v) is 1.89. The fraction of sp³-hybridized carbons (Fsp3) is 0.615. The quantitative estimate of drug-likeness (QED) is 0.846. The number of hydrogen-bond acceptors (Lipinski definition) is 3. The number of fused-ring (bicyclic) bond motifs is 1. The van der Waals surface area contributed by atoms with Crippen molar-refractivity contribution >= 4 is 5.82 Å². The Hall–Kier alpha value is -1.09. The molecule has 0 fully saturated rings. The molecule has 1 aliphatic rings. The number of pyridine rings is 1. The van der Waals surface area contributed by atoms with Gasteiger partial charge in [0.25, 0.3) is 0 Å². The molecule has 0 spiro atoms. The van der Waals surface area contributed by atoms with E-state index in [4.69, 9.17) is 4.74 Å². The Bertz CT molecular complexity index is 374. The van der Waals surface area contributed by atoms with Gasteiger partial charge in [0.15, 0.2) is 0 Å². The molecule has 0 atom stereocenters. The highest BCUT2D eigenvalue weighted by molar-refractivity contribution is 5.40. The Balaban J connectivity index is 2.00. The van der Waals surface area contributed by atoms with Crippen molar-refractivity contribution in [3.05, 3.63) is 23.4 Å². The lowest BCUT2D eigenvalue weighted by atomic mass is 10.1. The maximum absolute atomic E-state index is 5.36. The first-order chi connectivity index (χ1) is 7.61. The highest BCUT2D eigenvalue weighted by atomic mass is 16.5. The van der Waals surface area contributed by atoms with Crippen LogP contribution in [-0.2, 0) is 17.6 Å². The molecule has 0 aromatic carbocycles. The van der Waals surface area contributed by atoms with Crippen molar-refractivity contribution < 1.29 is 4.74 Å². The maximum atomic E-state index is 5.36. The standard InChI is InChI=1S/C13H20N2O/c1-13(2,16-3)9-14-12-8-7-10-5-4-6-11(10)15-12/h7-8H,4-6,9H2,1-3H3,(H,14,15). The molecule has 88 valence electrons. The summed E-state index contributed by atoms with van der Waals surface area (Å²) in [5, 5.41) is 3.33. The van der Waals surface area contributed by atoms with Crippen molar-refractivity contribution in [1.82, 2.24) is 4.98 Å². The molecule has 1 aromatic heterocycles. The first-order valence-electron chi connectivity index (χ1n) is 5.88. The van der Waals surface area contributed by atoms with Gasteiger partial charge in [0.05, 0.1) is 5.60 Å². The third-order valence-electron chi connectivity index (χ3n) is 3.18. The molecular formula is C13H20N2O. The van der Waals surface area contributed by atoms with E-state index < -0.39 is 0 Å². The van der Waals surface area contributed by atoms with Crippen molar-refractivity contribution in [1.29, 1.82) is 0 Å². The third kappa shape index (κ3) is 2.53. The topological polar surface area (TPSA) is 34.1 Å². The number of anilines is 1. The average molecular weight is 220 g/mol. The van der Waals surface area contributed by atoms with E-state index in [0.29, 0.717) is 0 Å². The Morgan fingerprint density at radius 1 is 1.38 bits per heavy atom. The smallest absolute Gasteiger partial charge is 0.126 e. The first-order valence-corrected chi connectivity index (χ1v) is 5.88. The molecular weight excluding hydrogens is 200 g/mol. The second-order valence-electron chi connectivity index (χ2n) is 4.97. The minimum atomic E-state index is -0.152. The van der Waals surface area contributed by atoms with E-state index in [2.05, 4.69) is 36.3 Å². The van der Waals surface area contributed by atoms with E-state index in [1.54, 1.807) is 7.11 Å². The fourth-order valence-electron chi connectivity index (χ4n) is 1.89. The van der Waals surface area contributed by atoms with Crippen LogP contribution in [0.3, 0.4) is 0 Å². The summed E-state index contributed by atoms with van der Waals surface area (Å²) in [7, 11) is 1.73. The number of aromatic nitrogens is 1. The number of nitrogens with one attached hydrogen (secondary N) is 1. The van der Waals surface area contributed by atoms with Crippen LogP contribution < -0.4 is 5.32 Å². The Morgan fingerprint density at radius 2 is 2.19 bits per heavy atom. The van der Waals surface area contributed by atoms with E-state index in [9.17, 15) is 0 Å². The predicted octanol–water partition coefficient (Wildman–Crippen LogP) is 2.41. The number of ether oxygens (including phenoxy) is 1. The maximum Gasteiger partial charge on any atom is 0.126 e. The molecule has 0 amide bonds. The van der Waals surface area contributed by atoms with Gasteiger partial charge in [0, 0.05) is 19.3 Å². The number of methoxy groups -OCH3 is 1. The second kappa shape index (κ2) is 4.42. The summed E-state index contributed by atoms with van der Waals surface area (Å²) in [5.41, 5.74) is 2.53. The Morgan fingerprint density at radius 3 is 2.94 bits per heavy atom. The number of hydrogen-bond donors (Lipinski definition) is 1. The Kier molecular flexibility index (Phi) is 3.15. The summed E-state index contributed by atoms with van der Waals surface area (Å²) in [6, 6.07) is 4.26. The van der Waals surface area contributed by atoms with Crippen LogP contribution in [0.15, 0.2) is 12.1 Å².